The van der Waals surface area contributed by atoms with Crippen molar-refractivity contribution < 1.29 is 44.8 Å². The normalized spacial score (nSPS) is 19.0. The molecule has 1 N–H and O–H groups in total. The van der Waals surface area contributed by atoms with E-state index in [2.05, 4.69) is 20.5 Å². The lowest BCUT2D eigenvalue weighted by atomic mass is 9.94. The van der Waals surface area contributed by atoms with Crippen LogP contribution in [0, 0.1) is 6.92 Å². The molecule has 1 saturated heterocycles. The summed E-state index contributed by atoms with van der Waals surface area (Å²) >= 11 is 0. The van der Waals surface area contributed by atoms with Gasteiger partial charge in [0.05, 0.1) is 46.5 Å². The highest BCUT2D eigenvalue weighted by molar-refractivity contribution is 5.92. The predicted octanol–water partition coefficient (Wildman–Crippen LogP) is 4.54. The standard InChI is InChI=1S/C26H23F6N5O3/c1-14-16(5-3-7-21(14)40-2)23-18(35-24(39)19-6-4-9-34-36-19)8-10-37(23)22(38)12-20-17(26(30,31)32)11-15(13-33-20)25(27,28)29/h3-7,9,11,13,18,23H,8,10,12H2,1-2H3,(H,35,39)/t18-,23-/m1/s1/i2D3. The van der Waals surface area contributed by atoms with Crippen LogP contribution in [-0.4, -0.2) is 51.5 Å². The zero-order valence-electron chi connectivity index (χ0n) is 23.7. The summed E-state index contributed by atoms with van der Waals surface area (Å²) in [6.07, 6.45) is -9.64. The molecule has 0 aliphatic carbocycles. The van der Waals surface area contributed by atoms with Crippen LogP contribution in [0.4, 0.5) is 26.3 Å². The Morgan fingerprint density at radius 2 is 1.93 bits per heavy atom. The second kappa shape index (κ2) is 11.1. The average molecular weight is 571 g/mol. The fraction of sp³-hybridized carbons (Fsp3) is 0.346. The van der Waals surface area contributed by atoms with E-state index in [0.29, 0.717) is 5.56 Å². The van der Waals surface area contributed by atoms with E-state index in [1.807, 2.05) is 0 Å². The van der Waals surface area contributed by atoms with Gasteiger partial charge in [-0.1, -0.05) is 12.1 Å². The second-order valence-electron chi connectivity index (χ2n) is 8.97. The minimum absolute atomic E-state index is 0.0500. The molecule has 2 atom stereocenters. The lowest BCUT2D eigenvalue weighted by Gasteiger charge is -2.31. The molecule has 1 aromatic carbocycles. The van der Waals surface area contributed by atoms with Crippen molar-refractivity contribution in [2.45, 2.75) is 44.2 Å². The maximum Gasteiger partial charge on any atom is 0.418 e. The second-order valence-corrected chi connectivity index (χ2v) is 8.97. The minimum Gasteiger partial charge on any atom is -0.496 e. The quantitative estimate of drug-likeness (QED) is 0.437. The topological polar surface area (TPSA) is 97.3 Å². The molecule has 1 fully saturated rings. The first kappa shape index (κ1) is 24.8. The summed E-state index contributed by atoms with van der Waals surface area (Å²) in [5, 5.41) is 10.1. The maximum absolute atomic E-state index is 13.7. The molecule has 1 aliphatic rings. The van der Waals surface area contributed by atoms with Crippen molar-refractivity contribution >= 4 is 11.8 Å². The molecule has 14 heteroatoms. The summed E-state index contributed by atoms with van der Waals surface area (Å²) < 4.78 is 108. The fourth-order valence-electron chi connectivity index (χ4n) is 4.61. The van der Waals surface area contributed by atoms with E-state index in [4.69, 9.17) is 8.85 Å². The molecule has 0 unspecified atom stereocenters. The number of aromatic nitrogens is 3. The number of likely N-dealkylation sites (tertiary alicyclic amines) is 1. The number of carbonyl (C=O) groups excluding carboxylic acids is 2. The molecule has 0 radical (unpaired) electrons. The number of carbonyl (C=O) groups is 2. The van der Waals surface area contributed by atoms with Crippen LogP contribution in [0.2, 0.25) is 0 Å². The van der Waals surface area contributed by atoms with Crippen molar-refractivity contribution in [2.75, 3.05) is 13.6 Å². The van der Waals surface area contributed by atoms with Gasteiger partial charge in [0, 0.05) is 18.9 Å². The lowest BCUT2D eigenvalue weighted by molar-refractivity contribution is -0.144. The number of rotatable bonds is 6. The molecule has 0 spiro atoms. The van der Waals surface area contributed by atoms with E-state index >= 15 is 0 Å². The number of nitrogens with zero attached hydrogens (tertiary/aromatic N) is 4. The Bertz CT molecular complexity index is 1500. The van der Waals surface area contributed by atoms with Gasteiger partial charge in [0.1, 0.15) is 5.75 Å². The third kappa shape index (κ3) is 6.00. The summed E-state index contributed by atoms with van der Waals surface area (Å²) in [7, 11) is -2.82. The highest BCUT2D eigenvalue weighted by atomic mass is 19.4. The number of amides is 2. The van der Waals surface area contributed by atoms with Crippen molar-refractivity contribution in [2.24, 2.45) is 0 Å². The van der Waals surface area contributed by atoms with Crippen molar-refractivity contribution in [3.63, 3.8) is 0 Å². The number of hydrogen-bond donors (Lipinski definition) is 1. The van der Waals surface area contributed by atoms with Gasteiger partial charge in [0.15, 0.2) is 5.69 Å². The van der Waals surface area contributed by atoms with E-state index in [1.165, 1.54) is 48.4 Å². The van der Waals surface area contributed by atoms with Crippen LogP contribution < -0.4 is 10.1 Å². The predicted molar refractivity (Wildman–Crippen MR) is 128 cm³/mol. The van der Waals surface area contributed by atoms with E-state index < -0.39 is 66.5 Å². The first-order chi connectivity index (χ1) is 20.0. The van der Waals surface area contributed by atoms with Gasteiger partial charge < -0.3 is 15.0 Å². The molecule has 2 aromatic heterocycles. The number of alkyl halides is 6. The Morgan fingerprint density at radius 3 is 2.58 bits per heavy atom. The third-order valence-corrected chi connectivity index (χ3v) is 6.52. The highest BCUT2D eigenvalue weighted by Gasteiger charge is 2.43. The molecule has 3 aromatic rings. The number of nitrogens with one attached hydrogen (secondary N) is 1. The number of ether oxygens (including phenoxy) is 1. The van der Waals surface area contributed by atoms with Gasteiger partial charge in [-0.2, -0.15) is 31.4 Å². The van der Waals surface area contributed by atoms with E-state index in [-0.39, 0.29) is 42.2 Å². The Balaban J connectivity index is 1.72. The largest absolute Gasteiger partial charge is 0.496 e. The van der Waals surface area contributed by atoms with Gasteiger partial charge in [-0.05, 0) is 48.7 Å². The van der Waals surface area contributed by atoms with Crippen molar-refractivity contribution in [3.05, 3.63) is 82.4 Å². The molecular formula is C26H23F6N5O3. The van der Waals surface area contributed by atoms with Crippen LogP contribution in [-0.2, 0) is 23.6 Å². The molecule has 1 aliphatic heterocycles. The lowest BCUT2D eigenvalue weighted by Crippen LogP contribution is -2.42. The van der Waals surface area contributed by atoms with Crippen LogP contribution in [0.3, 0.4) is 0 Å². The molecule has 2 amide bonds. The van der Waals surface area contributed by atoms with Crippen molar-refractivity contribution in [1.82, 2.24) is 25.4 Å². The number of pyridine rings is 1. The summed E-state index contributed by atoms with van der Waals surface area (Å²) in [6.45, 7) is 1.44. The molecule has 0 saturated carbocycles. The molecular weight excluding hydrogens is 544 g/mol. The zero-order valence-corrected chi connectivity index (χ0v) is 20.7. The van der Waals surface area contributed by atoms with Crippen molar-refractivity contribution in [3.8, 4) is 5.75 Å². The summed E-state index contributed by atoms with van der Waals surface area (Å²) in [5.41, 5.74) is -3.68. The zero-order chi connectivity index (χ0) is 31.7. The average Bonchev–Trinajstić information content (AvgIpc) is 3.32. The Hall–Kier alpha value is -4.23. The SMILES string of the molecule is [2H]C([2H])([2H])Oc1cccc([C@@H]2[C@H](NC(=O)c3cccnn3)CCN2C(=O)Cc2ncc(C(F)(F)F)cc2C(F)(F)F)c1C. The van der Waals surface area contributed by atoms with Crippen LogP contribution in [0.15, 0.2) is 48.8 Å². The van der Waals surface area contributed by atoms with E-state index in [0.717, 1.165) is 0 Å². The Kier molecular flexibility index (Phi) is 6.88. The van der Waals surface area contributed by atoms with Crippen LogP contribution in [0.1, 0.15) is 55.0 Å². The Labute approximate surface area is 228 Å². The molecule has 3 heterocycles. The number of methoxy groups -OCH3 is 1. The first-order valence-corrected chi connectivity index (χ1v) is 11.8. The first-order valence-electron chi connectivity index (χ1n) is 13.3. The summed E-state index contributed by atoms with van der Waals surface area (Å²) in [5.74, 6) is -1.63. The van der Waals surface area contributed by atoms with Gasteiger partial charge >= 0.3 is 12.4 Å². The monoisotopic (exact) mass is 570 g/mol. The molecule has 4 rings (SSSR count). The van der Waals surface area contributed by atoms with E-state index in [9.17, 15) is 35.9 Å². The van der Waals surface area contributed by atoms with Gasteiger partial charge in [-0.25, -0.2) is 0 Å². The van der Waals surface area contributed by atoms with Crippen LogP contribution in [0.25, 0.3) is 0 Å². The third-order valence-electron chi connectivity index (χ3n) is 6.52. The number of halogens is 6. The van der Waals surface area contributed by atoms with Gasteiger partial charge in [0.25, 0.3) is 5.91 Å². The summed E-state index contributed by atoms with van der Waals surface area (Å²) in [4.78, 5) is 30.9. The summed E-state index contributed by atoms with van der Waals surface area (Å²) in [6, 6.07) is 5.27. The van der Waals surface area contributed by atoms with Gasteiger partial charge in [0.2, 0.25) is 5.91 Å². The van der Waals surface area contributed by atoms with Gasteiger partial charge in [-0.15, -0.1) is 5.10 Å². The highest BCUT2D eigenvalue weighted by Crippen LogP contribution is 2.39. The fourth-order valence-corrected chi connectivity index (χ4v) is 4.61. The Morgan fingerprint density at radius 1 is 1.15 bits per heavy atom. The molecule has 212 valence electrons. The van der Waals surface area contributed by atoms with Crippen molar-refractivity contribution in [1.29, 1.82) is 0 Å². The molecule has 40 heavy (non-hydrogen) atoms. The molecule has 0 bridgehead atoms. The molecule has 8 nitrogen and oxygen atoms in total. The van der Waals surface area contributed by atoms with Crippen LogP contribution >= 0.6 is 0 Å². The number of benzene rings is 1. The number of hydrogen-bond acceptors (Lipinski definition) is 6. The minimum atomic E-state index is -5.24. The van der Waals surface area contributed by atoms with E-state index in [1.54, 1.807) is 0 Å². The smallest absolute Gasteiger partial charge is 0.418 e. The maximum atomic E-state index is 13.7. The van der Waals surface area contributed by atoms with Gasteiger partial charge in [-0.3, -0.25) is 14.6 Å². The van der Waals surface area contributed by atoms with Crippen LogP contribution in [0.5, 0.6) is 5.75 Å².